The Balaban J connectivity index is 1.44. The van der Waals surface area contributed by atoms with E-state index >= 15 is 0 Å². The second-order valence-corrected chi connectivity index (χ2v) is 8.23. The number of nitrogens with zero attached hydrogens (tertiary/aromatic N) is 5. The zero-order chi connectivity index (χ0) is 18.8. The third kappa shape index (κ3) is 3.46. The molecule has 0 aliphatic rings. The lowest BCUT2D eigenvalue weighted by Gasteiger charge is -2.09. The molecule has 0 bridgehead atoms. The highest BCUT2D eigenvalue weighted by Gasteiger charge is 2.16. The number of thioether (sulfide) groups is 1. The van der Waals surface area contributed by atoms with Crippen LogP contribution in [0.25, 0.3) is 16.3 Å². The Hall–Kier alpha value is -2.90. The summed E-state index contributed by atoms with van der Waals surface area (Å²) in [6.45, 7) is 0.745. The third-order valence-electron chi connectivity index (χ3n) is 4.40. The van der Waals surface area contributed by atoms with Crippen molar-refractivity contribution in [2.24, 2.45) is 0 Å². The molecule has 0 atom stereocenters. The predicted octanol–water partition coefficient (Wildman–Crippen LogP) is 4.99. The zero-order valence-corrected chi connectivity index (χ0v) is 16.6. The molecule has 5 nitrogen and oxygen atoms in total. The van der Waals surface area contributed by atoms with Gasteiger partial charge in [-0.1, -0.05) is 54.2 Å². The minimum Gasteiger partial charge on any atom is -0.307 e. The average molecular weight is 404 g/mol. The Labute approximate surface area is 170 Å². The Morgan fingerprint density at radius 3 is 2.64 bits per heavy atom. The van der Waals surface area contributed by atoms with Gasteiger partial charge in [0.1, 0.15) is 5.65 Å². The minimum absolute atomic E-state index is 0.745. The van der Waals surface area contributed by atoms with Gasteiger partial charge in [0, 0.05) is 18.1 Å². The summed E-state index contributed by atoms with van der Waals surface area (Å²) in [5, 5.41) is 11.9. The van der Waals surface area contributed by atoms with E-state index in [-0.39, 0.29) is 0 Å². The lowest BCUT2D eigenvalue weighted by molar-refractivity contribution is 0.715. The van der Waals surface area contributed by atoms with Crippen molar-refractivity contribution in [2.45, 2.75) is 17.5 Å². The Morgan fingerprint density at radius 1 is 0.929 bits per heavy atom. The zero-order valence-electron chi connectivity index (χ0n) is 15.0. The molecular weight excluding hydrogens is 386 g/mol. The number of rotatable bonds is 6. The maximum atomic E-state index is 4.68. The quantitative estimate of drug-likeness (QED) is 0.375. The molecule has 0 unspecified atom stereocenters. The highest BCUT2D eigenvalue weighted by molar-refractivity contribution is 7.98. The molecule has 4 heterocycles. The summed E-state index contributed by atoms with van der Waals surface area (Å²) in [6, 6.07) is 20.6. The van der Waals surface area contributed by atoms with Gasteiger partial charge in [0.2, 0.25) is 0 Å². The molecule has 0 N–H and O–H groups in total. The van der Waals surface area contributed by atoms with E-state index < -0.39 is 0 Å². The van der Waals surface area contributed by atoms with Gasteiger partial charge < -0.3 is 4.40 Å². The van der Waals surface area contributed by atoms with Crippen LogP contribution in [0.2, 0.25) is 0 Å². The number of hydrogen-bond acceptors (Lipinski definition) is 5. The van der Waals surface area contributed by atoms with Crippen LogP contribution in [0.15, 0.2) is 83.6 Å². The number of benzene rings is 1. The predicted molar refractivity (Wildman–Crippen MR) is 114 cm³/mol. The van der Waals surface area contributed by atoms with E-state index in [0.29, 0.717) is 0 Å². The van der Waals surface area contributed by atoms with Crippen molar-refractivity contribution >= 4 is 28.7 Å². The Morgan fingerprint density at radius 2 is 1.82 bits per heavy atom. The summed E-state index contributed by atoms with van der Waals surface area (Å²) in [6.07, 6.45) is 4.09. The van der Waals surface area contributed by atoms with Crippen molar-refractivity contribution < 1.29 is 0 Å². The Kier molecular flexibility index (Phi) is 4.68. The SMILES string of the molecule is c1ccc(Cn2c(SCc3cn4ccccc4n3)nnc2-c2cccs2)cc1. The van der Waals surface area contributed by atoms with Crippen molar-refractivity contribution in [3.63, 3.8) is 0 Å². The summed E-state index contributed by atoms with van der Waals surface area (Å²) >= 11 is 3.35. The van der Waals surface area contributed by atoms with E-state index in [9.17, 15) is 0 Å². The molecule has 7 heteroatoms. The van der Waals surface area contributed by atoms with Gasteiger partial charge in [-0.25, -0.2) is 4.98 Å². The summed E-state index contributed by atoms with van der Waals surface area (Å²) in [5.74, 6) is 1.66. The molecular formula is C21H17N5S2. The standard InChI is InChI=1S/C21H17N5S2/c1-2-7-16(8-3-1)13-26-20(18-9-6-12-27-18)23-24-21(26)28-15-17-14-25-11-5-4-10-19(25)22-17/h1-12,14H,13,15H2. The number of imidazole rings is 1. The minimum atomic E-state index is 0.745. The molecule has 0 radical (unpaired) electrons. The largest absolute Gasteiger partial charge is 0.307 e. The van der Waals surface area contributed by atoms with Crippen molar-refractivity contribution in [2.75, 3.05) is 0 Å². The van der Waals surface area contributed by atoms with Crippen LogP contribution in [0, 0.1) is 0 Å². The molecule has 0 amide bonds. The number of thiophene rings is 1. The maximum absolute atomic E-state index is 4.68. The number of fused-ring (bicyclic) bond motifs is 1. The van der Waals surface area contributed by atoms with Gasteiger partial charge in [-0.3, -0.25) is 4.57 Å². The molecule has 0 saturated heterocycles. The van der Waals surface area contributed by atoms with Gasteiger partial charge >= 0.3 is 0 Å². The van der Waals surface area contributed by atoms with E-state index in [2.05, 4.69) is 61.7 Å². The molecule has 4 aromatic heterocycles. The number of aromatic nitrogens is 5. The normalized spacial score (nSPS) is 11.3. The fourth-order valence-electron chi connectivity index (χ4n) is 3.09. The van der Waals surface area contributed by atoms with Crippen molar-refractivity contribution in [1.82, 2.24) is 24.1 Å². The molecule has 28 heavy (non-hydrogen) atoms. The molecule has 0 spiro atoms. The van der Waals surface area contributed by atoms with E-state index in [1.807, 2.05) is 40.9 Å². The van der Waals surface area contributed by atoms with Gasteiger partial charge in [0.15, 0.2) is 11.0 Å². The molecule has 0 aliphatic carbocycles. The first kappa shape index (κ1) is 17.2. The van der Waals surface area contributed by atoms with Crippen LogP contribution in [0.5, 0.6) is 0 Å². The molecule has 5 aromatic rings. The van der Waals surface area contributed by atoms with Gasteiger partial charge in [-0.15, -0.1) is 21.5 Å². The average Bonchev–Trinajstić information content (AvgIpc) is 3.46. The Bertz CT molecular complexity index is 1160. The highest BCUT2D eigenvalue weighted by atomic mass is 32.2. The lowest BCUT2D eigenvalue weighted by Crippen LogP contribution is -2.03. The molecule has 0 fully saturated rings. The van der Waals surface area contributed by atoms with Gasteiger partial charge in [-0.05, 0) is 29.1 Å². The highest BCUT2D eigenvalue weighted by Crippen LogP contribution is 2.29. The summed E-state index contributed by atoms with van der Waals surface area (Å²) in [4.78, 5) is 5.81. The lowest BCUT2D eigenvalue weighted by atomic mass is 10.2. The fraction of sp³-hybridized carbons (Fsp3) is 0.0952. The molecule has 1 aromatic carbocycles. The van der Waals surface area contributed by atoms with Crippen LogP contribution < -0.4 is 0 Å². The van der Waals surface area contributed by atoms with Gasteiger partial charge in [0.25, 0.3) is 0 Å². The van der Waals surface area contributed by atoms with E-state index in [0.717, 1.165) is 39.5 Å². The van der Waals surface area contributed by atoms with Crippen LogP contribution >= 0.6 is 23.1 Å². The van der Waals surface area contributed by atoms with Crippen LogP contribution in [-0.2, 0) is 12.3 Å². The van der Waals surface area contributed by atoms with Gasteiger partial charge in [-0.2, -0.15) is 0 Å². The monoisotopic (exact) mass is 403 g/mol. The van der Waals surface area contributed by atoms with Crippen molar-refractivity contribution in [3.05, 3.63) is 89.7 Å². The van der Waals surface area contributed by atoms with Crippen LogP contribution in [0.1, 0.15) is 11.3 Å². The molecule has 0 saturated carbocycles. The van der Waals surface area contributed by atoms with Crippen molar-refractivity contribution in [3.8, 4) is 10.7 Å². The number of pyridine rings is 1. The summed E-state index contributed by atoms with van der Waals surface area (Å²) in [5.41, 5.74) is 3.22. The third-order valence-corrected chi connectivity index (χ3v) is 6.27. The fourth-order valence-corrected chi connectivity index (χ4v) is 4.63. The second-order valence-electron chi connectivity index (χ2n) is 6.34. The van der Waals surface area contributed by atoms with E-state index in [4.69, 9.17) is 0 Å². The maximum Gasteiger partial charge on any atom is 0.192 e. The first-order valence-electron chi connectivity index (χ1n) is 8.93. The van der Waals surface area contributed by atoms with Crippen LogP contribution in [0.4, 0.5) is 0 Å². The first-order valence-corrected chi connectivity index (χ1v) is 10.8. The summed E-state index contributed by atoms with van der Waals surface area (Å²) < 4.78 is 4.24. The smallest absolute Gasteiger partial charge is 0.192 e. The molecule has 5 rings (SSSR count). The molecule has 0 aliphatic heterocycles. The van der Waals surface area contributed by atoms with Crippen LogP contribution in [0.3, 0.4) is 0 Å². The molecule has 138 valence electrons. The van der Waals surface area contributed by atoms with E-state index in [1.54, 1.807) is 23.1 Å². The van der Waals surface area contributed by atoms with Crippen LogP contribution in [-0.4, -0.2) is 24.1 Å². The topological polar surface area (TPSA) is 48.0 Å². The summed E-state index contributed by atoms with van der Waals surface area (Å²) in [7, 11) is 0. The van der Waals surface area contributed by atoms with E-state index in [1.165, 1.54) is 5.56 Å². The van der Waals surface area contributed by atoms with Gasteiger partial charge in [0.05, 0.1) is 17.1 Å². The number of hydrogen-bond donors (Lipinski definition) is 0. The van der Waals surface area contributed by atoms with Crippen molar-refractivity contribution in [1.29, 1.82) is 0 Å². The second kappa shape index (κ2) is 7.61. The first-order chi connectivity index (χ1) is 13.9.